The highest BCUT2D eigenvalue weighted by molar-refractivity contribution is 5.81. The second kappa shape index (κ2) is 7.98. The summed E-state index contributed by atoms with van der Waals surface area (Å²) < 4.78 is 5.41. The number of para-hydroxylation sites is 1. The number of hydrogen-bond donors (Lipinski definition) is 1. The molecule has 0 bridgehead atoms. The SMILES string of the molecule is CCOCCCC(Cc1ccnc2ccccc12)NC. The van der Waals surface area contributed by atoms with Crippen LogP contribution in [0.3, 0.4) is 0 Å². The first-order valence-corrected chi connectivity index (χ1v) is 7.42. The lowest BCUT2D eigenvalue weighted by molar-refractivity contribution is 0.141. The molecule has 1 aromatic heterocycles. The third-order valence-electron chi connectivity index (χ3n) is 3.66. The van der Waals surface area contributed by atoms with Crippen LogP contribution in [0.5, 0.6) is 0 Å². The summed E-state index contributed by atoms with van der Waals surface area (Å²) in [6, 6.07) is 11.0. The first kappa shape index (κ1) is 14.9. The fraction of sp³-hybridized carbons (Fsp3) is 0.471. The molecule has 1 aromatic carbocycles. The minimum absolute atomic E-state index is 0.487. The molecule has 0 amide bonds. The number of likely N-dealkylation sites (N-methyl/N-ethyl adjacent to an activating group) is 1. The number of ether oxygens (including phenoxy) is 1. The zero-order valence-corrected chi connectivity index (χ0v) is 12.4. The molecule has 0 fully saturated rings. The summed E-state index contributed by atoms with van der Waals surface area (Å²) in [6.07, 6.45) is 5.17. The summed E-state index contributed by atoms with van der Waals surface area (Å²) in [6.45, 7) is 3.70. The maximum atomic E-state index is 5.41. The van der Waals surface area contributed by atoms with Crippen molar-refractivity contribution in [1.82, 2.24) is 10.3 Å². The number of pyridine rings is 1. The molecule has 3 heteroatoms. The smallest absolute Gasteiger partial charge is 0.0704 e. The van der Waals surface area contributed by atoms with Gasteiger partial charge < -0.3 is 10.1 Å². The Bertz CT molecular complexity index is 522. The number of fused-ring (bicyclic) bond motifs is 1. The van der Waals surface area contributed by atoms with Crippen LogP contribution in [0.15, 0.2) is 36.5 Å². The number of nitrogens with one attached hydrogen (secondary N) is 1. The van der Waals surface area contributed by atoms with Crippen LogP contribution < -0.4 is 5.32 Å². The minimum Gasteiger partial charge on any atom is -0.382 e. The highest BCUT2D eigenvalue weighted by atomic mass is 16.5. The van der Waals surface area contributed by atoms with Crippen LogP contribution in [0, 0.1) is 0 Å². The van der Waals surface area contributed by atoms with Gasteiger partial charge in [-0.1, -0.05) is 18.2 Å². The van der Waals surface area contributed by atoms with Crippen LogP contribution in [-0.4, -0.2) is 31.3 Å². The molecular formula is C17H24N2O. The van der Waals surface area contributed by atoms with Gasteiger partial charge in [0.25, 0.3) is 0 Å². The molecule has 3 nitrogen and oxygen atoms in total. The summed E-state index contributed by atoms with van der Waals surface area (Å²) in [4.78, 5) is 4.42. The average molecular weight is 272 g/mol. The summed E-state index contributed by atoms with van der Waals surface area (Å²) >= 11 is 0. The summed E-state index contributed by atoms with van der Waals surface area (Å²) in [5, 5.41) is 4.68. The van der Waals surface area contributed by atoms with Crippen molar-refractivity contribution < 1.29 is 4.74 Å². The lowest BCUT2D eigenvalue weighted by Gasteiger charge is -2.17. The number of benzene rings is 1. The number of hydrogen-bond acceptors (Lipinski definition) is 3. The van der Waals surface area contributed by atoms with Crippen LogP contribution in [0.2, 0.25) is 0 Å². The molecule has 2 aromatic rings. The fourth-order valence-corrected chi connectivity index (χ4v) is 2.52. The molecule has 0 saturated heterocycles. The van der Waals surface area contributed by atoms with E-state index in [0.717, 1.165) is 38.0 Å². The van der Waals surface area contributed by atoms with Crippen molar-refractivity contribution in [3.8, 4) is 0 Å². The predicted molar refractivity (Wildman–Crippen MR) is 84.0 cm³/mol. The van der Waals surface area contributed by atoms with Crippen molar-refractivity contribution in [3.05, 3.63) is 42.1 Å². The van der Waals surface area contributed by atoms with E-state index in [0.29, 0.717) is 6.04 Å². The van der Waals surface area contributed by atoms with Gasteiger partial charge in [0.15, 0.2) is 0 Å². The summed E-state index contributed by atoms with van der Waals surface area (Å²) in [7, 11) is 2.04. The van der Waals surface area contributed by atoms with Gasteiger partial charge in [-0.2, -0.15) is 0 Å². The van der Waals surface area contributed by atoms with E-state index < -0.39 is 0 Å². The van der Waals surface area contributed by atoms with Crippen molar-refractivity contribution in [2.24, 2.45) is 0 Å². The maximum absolute atomic E-state index is 5.41. The second-order valence-electron chi connectivity index (χ2n) is 5.02. The molecule has 2 rings (SSSR count). The van der Waals surface area contributed by atoms with Crippen LogP contribution in [-0.2, 0) is 11.2 Å². The topological polar surface area (TPSA) is 34.1 Å². The zero-order chi connectivity index (χ0) is 14.2. The molecule has 1 N–H and O–H groups in total. The largest absolute Gasteiger partial charge is 0.382 e. The van der Waals surface area contributed by atoms with E-state index in [9.17, 15) is 0 Å². The number of rotatable bonds is 8. The fourth-order valence-electron chi connectivity index (χ4n) is 2.52. The van der Waals surface area contributed by atoms with Gasteiger partial charge in [0.2, 0.25) is 0 Å². The number of nitrogens with zero attached hydrogens (tertiary/aromatic N) is 1. The lowest BCUT2D eigenvalue weighted by atomic mass is 9.99. The maximum Gasteiger partial charge on any atom is 0.0704 e. The Labute approximate surface area is 121 Å². The van der Waals surface area contributed by atoms with Crippen LogP contribution >= 0.6 is 0 Å². The van der Waals surface area contributed by atoms with E-state index in [1.54, 1.807) is 0 Å². The van der Waals surface area contributed by atoms with E-state index in [4.69, 9.17) is 4.74 Å². The molecule has 0 spiro atoms. The Morgan fingerprint density at radius 3 is 2.90 bits per heavy atom. The summed E-state index contributed by atoms with van der Waals surface area (Å²) in [5.41, 5.74) is 2.44. The number of aromatic nitrogens is 1. The normalized spacial score (nSPS) is 12.7. The van der Waals surface area contributed by atoms with E-state index in [2.05, 4.69) is 34.6 Å². The molecule has 108 valence electrons. The molecule has 0 aliphatic rings. The Kier molecular flexibility index (Phi) is 5.96. The molecule has 20 heavy (non-hydrogen) atoms. The second-order valence-corrected chi connectivity index (χ2v) is 5.02. The Balaban J connectivity index is 2.02. The highest BCUT2D eigenvalue weighted by Crippen LogP contribution is 2.18. The van der Waals surface area contributed by atoms with E-state index in [1.165, 1.54) is 10.9 Å². The van der Waals surface area contributed by atoms with Gasteiger partial charge in [0, 0.05) is 30.8 Å². The van der Waals surface area contributed by atoms with Crippen molar-refractivity contribution in [3.63, 3.8) is 0 Å². The molecule has 1 atom stereocenters. The van der Waals surface area contributed by atoms with Crippen molar-refractivity contribution >= 4 is 10.9 Å². The Morgan fingerprint density at radius 2 is 2.10 bits per heavy atom. The van der Waals surface area contributed by atoms with Gasteiger partial charge in [-0.25, -0.2) is 0 Å². The standard InChI is InChI=1S/C17H24N2O/c1-3-20-12-6-7-15(18-2)13-14-10-11-19-17-9-5-4-8-16(14)17/h4-5,8-11,15,18H,3,6-7,12-13H2,1-2H3. The van der Waals surface area contributed by atoms with Gasteiger partial charge in [0.1, 0.15) is 0 Å². The van der Waals surface area contributed by atoms with E-state index >= 15 is 0 Å². The Hall–Kier alpha value is -1.45. The summed E-state index contributed by atoms with van der Waals surface area (Å²) in [5.74, 6) is 0. The first-order valence-electron chi connectivity index (χ1n) is 7.42. The quantitative estimate of drug-likeness (QED) is 0.749. The van der Waals surface area contributed by atoms with Crippen LogP contribution in [0.25, 0.3) is 10.9 Å². The molecule has 0 aliphatic carbocycles. The van der Waals surface area contributed by atoms with Gasteiger partial charge in [-0.05, 0) is 50.9 Å². The van der Waals surface area contributed by atoms with Crippen molar-refractivity contribution in [1.29, 1.82) is 0 Å². The molecule has 1 heterocycles. The third kappa shape index (κ3) is 4.02. The van der Waals surface area contributed by atoms with E-state index in [1.807, 2.05) is 26.2 Å². The molecule has 0 saturated carbocycles. The molecule has 0 aliphatic heterocycles. The molecule has 0 radical (unpaired) electrons. The predicted octanol–water partition coefficient (Wildman–Crippen LogP) is 3.18. The Morgan fingerprint density at radius 1 is 1.25 bits per heavy atom. The zero-order valence-electron chi connectivity index (χ0n) is 12.4. The van der Waals surface area contributed by atoms with Crippen LogP contribution in [0.1, 0.15) is 25.3 Å². The van der Waals surface area contributed by atoms with Crippen LogP contribution in [0.4, 0.5) is 0 Å². The van der Waals surface area contributed by atoms with Gasteiger partial charge in [0.05, 0.1) is 5.52 Å². The van der Waals surface area contributed by atoms with Gasteiger partial charge in [-0.3, -0.25) is 4.98 Å². The third-order valence-corrected chi connectivity index (χ3v) is 3.66. The molecular weight excluding hydrogens is 248 g/mol. The average Bonchev–Trinajstić information content (AvgIpc) is 2.50. The van der Waals surface area contributed by atoms with Crippen molar-refractivity contribution in [2.75, 3.05) is 20.3 Å². The molecule has 1 unspecified atom stereocenters. The van der Waals surface area contributed by atoms with Crippen molar-refractivity contribution in [2.45, 2.75) is 32.2 Å². The monoisotopic (exact) mass is 272 g/mol. The first-order chi connectivity index (χ1) is 9.85. The highest BCUT2D eigenvalue weighted by Gasteiger charge is 2.09. The van der Waals surface area contributed by atoms with Gasteiger partial charge in [-0.15, -0.1) is 0 Å². The van der Waals surface area contributed by atoms with Gasteiger partial charge >= 0.3 is 0 Å². The minimum atomic E-state index is 0.487. The van der Waals surface area contributed by atoms with E-state index in [-0.39, 0.29) is 0 Å². The lowest BCUT2D eigenvalue weighted by Crippen LogP contribution is -2.28.